The van der Waals surface area contributed by atoms with Gasteiger partial charge in [-0.15, -0.1) is 18.5 Å². The van der Waals surface area contributed by atoms with Gasteiger partial charge < -0.3 is 4.90 Å². The molecule has 0 fully saturated rings. The van der Waals surface area contributed by atoms with Gasteiger partial charge in [0.2, 0.25) is 6.71 Å². The summed E-state index contributed by atoms with van der Waals surface area (Å²) in [6, 6.07) is 22.5. The average molecular weight is 749 g/mol. The zero-order valence-electron chi connectivity index (χ0n) is 18.9. The van der Waals surface area contributed by atoms with Crippen LogP contribution in [0.4, 0.5) is 30.2 Å². The molecule has 0 aromatic heterocycles. The van der Waals surface area contributed by atoms with E-state index in [4.69, 9.17) is 0 Å². The van der Waals surface area contributed by atoms with E-state index < -0.39 is 17.5 Å². The first-order valence-corrected chi connectivity index (χ1v) is 14.8. The van der Waals surface area contributed by atoms with Crippen LogP contribution in [0.5, 0.6) is 0 Å². The molecule has 0 bridgehead atoms. The van der Waals surface area contributed by atoms with Crippen LogP contribution in [-0.2, 0) is 0 Å². The number of hydrogen-bond donors (Lipinski definition) is 0. The van der Waals surface area contributed by atoms with Crippen molar-refractivity contribution in [3.05, 3.63) is 91.3 Å². The third-order valence-electron chi connectivity index (χ3n) is 7.39. The van der Waals surface area contributed by atoms with Crippen LogP contribution < -0.4 is 31.9 Å². The lowest BCUT2D eigenvalue weighted by atomic mass is 9.37. The Hall–Kier alpha value is -1.67. The molecule has 2 unspecified atom stereocenters. The Morgan fingerprint density at radius 1 is 0.622 bits per heavy atom. The quantitative estimate of drug-likeness (QED) is 0.0681. The van der Waals surface area contributed by atoms with E-state index in [2.05, 4.69) is 48.8 Å². The minimum absolute atomic E-state index is 0.0210. The predicted octanol–water partition coefficient (Wildman–Crippen LogP) is 5.75. The third-order valence-corrected chi connectivity index (χ3v) is 11.9. The summed E-state index contributed by atoms with van der Waals surface area (Å²) >= 11 is 3.55. The molecule has 2 aliphatic rings. The second-order valence-electron chi connectivity index (χ2n) is 9.15. The lowest BCUT2D eigenvalue weighted by Gasteiger charge is -2.37. The Labute approximate surface area is 244 Å². The topological polar surface area (TPSA) is 3.24 Å². The molecule has 5 aromatic carbocycles. The Balaban J connectivity index is 1.67. The largest absolute Gasteiger partial charge is 0.310 e. The van der Waals surface area contributed by atoms with Crippen molar-refractivity contribution >= 4 is 125 Å². The van der Waals surface area contributed by atoms with Crippen LogP contribution in [0, 0.1) is 24.6 Å². The van der Waals surface area contributed by atoms with Crippen LogP contribution in [0.2, 0.25) is 0 Å². The molecule has 1 nitrogen and oxygen atoms in total. The smallest absolute Gasteiger partial charge is 0.248 e. The average Bonchev–Trinajstić information content (AvgIpc) is 3.26. The van der Waals surface area contributed by atoms with E-state index in [-0.39, 0.29) is 29.9 Å². The maximum Gasteiger partial charge on any atom is 0.248 e. The molecule has 0 radical (unpaired) electrons. The highest BCUT2D eigenvalue weighted by atomic mass is 127. The van der Waals surface area contributed by atoms with E-state index in [1.807, 2.05) is 41.3 Å². The van der Waals surface area contributed by atoms with Crippen LogP contribution in [0.3, 0.4) is 0 Å². The second-order valence-corrected chi connectivity index (χ2v) is 12.5. The first-order valence-electron chi connectivity index (χ1n) is 11.5. The number of para-hydroxylation sites is 1. The van der Waals surface area contributed by atoms with Crippen molar-refractivity contribution in [3.63, 3.8) is 0 Å². The van der Waals surface area contributed by atoms with Crippen molar-refractivity contribution < 1.29 is 13.2 Å². The normalized spacial score (nSPS) is 13.2. The highest BCUT2D eigenvalue weighted by molar-refractivity contribution is 14.1. The third kappa shape index (κ3) is 3.17. The molecule has 0 aliphatic carbocycles. The van der Waals surface area contributed by atoms with E-state index in [1.165, 1.54) is 11.0 Å². The molecule has 0 saturated carbocycles. The van der Waals surface area contributed by atoms with Crippen LogP contribution in [-0.4, -0.2) is 6.71 Å². The minimum Gasteiger partial charge on any atom is -0.310 e. The van der Waals surface area contributed by atoms with Crippen molar-refractivity contribution in [3.8, 4) is 11.1 Å². The van der Waals surface area contributed by atoms with Gasteiger partial charge in [-0.1, -0.05) is 60.1 Å². The zero-order chi connectivity index (χ0) is 25.7. The molecule has 0 spiro atoms. The molecular formula is C28H15BF3I2NP2. The van der Waals surface area contributed by atoms with Gasteiger partial charge in [0, 0.05) is 27.4 Å². The maximum absolute atomic E-state index is 16.1. The number of nitrogens with zero attached hydrogens (tertiary/aromatic N) is 1. The molecule has 5 aromatic rings. The van der Waals surface area contributed by atoms with Gasteiger partial charge in [-0.05, 0) is 79.4 Å². The summed E-state index contributed by atoms with van der Waals surface area (Å²) in [5.74, 6) is -2.14. The molecule has 180 valence electrons. The van der Waals surface area contributed by atoms with Gasteiger partial charge in [-0.3, -0.25) is 0 Å². The molecule has 2 atom stereocenters. The van der Waals surface area contributed by atoms with Gasteiger partial charge in [-0.25, -0.2) is 13.2 Å². The fourth-order valence-corrected chi connectivity index (χ4v) is 7.57. The zero-order valence-corrected chi connectivity index (χ0v) is 25.5. The highest BCUT2D eigenvalue weighted by Crippen LogP contribution is 2.45. The first kappa shape index (κ1) is 24.4. The Kier molecular flexibility index (Phi) is 5.71. The van der Waals surface area contributed by atoms with Gasteiger partial charge in [0.25, 0.3) is 0 Å². The summed E-state index contributed by atoms with van der Waals surface area (Å²) in [6.45, 7) is 0.0210. The molecule has 9 heteroatoms. The van der Waals surface area contributed by atoms with Gasteiger partial charge in [0.1, 0.15) is 17.5 Å². The molecule has 2 aliphatic heterocycles. The van der Waals surface area contributed by atoms with E-state index >= 15 is 13.2 Å². The number of benzene rings is 5. The summed E-state index contributed by atoms with van der Waals surface area (Å²) < 4.78 is 47.5. The lowest BCUT2D eigenvalue weighted by Crippen LogP contribution is -2.55. The number of anilines is 3. The van der Waals surface area contributed by atoms with Crippen LogP contribution in [0.15, 0.2) is 66.7 Å². The Bertz CT molecular complexity index is 1840. The van der Waals surface area contributed by atoms with Crippen LogP contribution >= 0.6 is 63.7 Å². The molecule has 0 saturated heterocycles. The van der Waals surface area contributed by atoms with Crippen molar-refractivity contribution in [2.24, 2.45) is 0 Å². The summed E-state index contributed by atoms with van der Waals surface area (Å²) in [5, 5.41) is 0.270. The van der Waals surface area contributed by atoms with E-state index in [0.29, 0.717) is 11.0 Å². The Morgan fingerprint density at radius 2 is 1.22 bits per heavy atom. The van der Waals surface area contributed by atoms with Gasteiger partial charge in [0.15, 0.2) is 0 Å². The fraction of sp³-hybridized carbons (Fsp3) is 0. The Morgan fingerprint density at radius 3 is 1.97 bits per heavy atom. The maximum atomic E-state index is 16.1. The number of halogens is 5. The summed E-state index contributed by atoms with van der Waals surface area (Å²) in [5.41, 5.74) is 7.87. The van der Waals surface area contributed by atoms with Crippen molar-refractivity contribution in [1.29, 1.82) is 0 Å². The van der Waals surface area contributed by atoms with Gasteiger partial charge >= 0.3 is 0 Å². The first-order chi connectivity index (χ1) is 17.8. The van der Waals surface area contributed by atoms with Crippen molar-refractivity contribution in [2.75, 3.05) is 4.90 Å². The SMILES string of the molecule is Fc1c(P)c(P)c(N2c3ccccc3B3c4ccccc4-c4cccc2c43)c2c(F)c(I)c(I)c(F)c12. The van der Waals surface area contributed by atoms with E-state index in [1.54, 1.807) is 45.2 Å². The fourth-order valence-electron chi connectivity index (χ4n) is 5.87. The van der Waals surface area contributed by atoms with Gasteiger partial charge in [-0.2, -0.15) is 0 Å². The summed E-state index contributed by atoms with van der Waals surface area (Å²) in [7, 11) is 4.96. The van der Waals surface area contributed by atoms with E-state index in [9.17, 15) is 0 Å². The number of fused-ring (bicyclic) bond motifs is 6. The predicted molar refractivity (Wildman–Crippen MR) is 173 cm³/mol. The molecule has 7 rings (SSSR count). The minimum atomic E-state index is -0.770. The molecule has 0 N–H and O–H groups in total. The molecule has 2 heterocycles. The highest BCUT2D eigenvalue weighted by Gasteiger charge is 2.43. The van der Waals surface area contributed by atoms with Crippen LogP contribution in [0.25, 0.3) is 21.9 Å². The van der Waals surface area contributed by atoms with Crippen molar-refractivity contribution in [2.45, 2.75) is 0 Å². The summed E-state index contributed by atoms with van der Waals surface area (Å²) in [6.07, 6.45) is 0. The lowest BCUT2D eigenvalue weighted by molar-refractivity contribution is 0.590. The van der Waals surface area contributed by atoms with Crippen LogP contribution in [0.1, 0.15) is 0 Å². The number of rotatable bonds is 1. The van der Waals surface area contributed by atoms with Crippen molar-refractivity contribution in [1.82, 2.24) is 0 Å². The standard InChI is InChI=1S/C28H15BF3I2NP2/c30-21-18-19(22(31)25(34)24(21)33)26(28(37)27(36)23(18)32)35-16-10-4-3-9-15(16)29-14-8-2-1-6-12(14)13-7-5-11-17(35)20(13)29/h1-11H,36-37H2. The second kappa shape index (κ2) is 8.67. The van der Waals surface area contributed by atoms with Gasteiger partial charge in [0.05, 0.1) is 18.2 Å². The summed E-state index contributed by atoms with van der Waals surface area (Å²) in [4.78, 5) is 1.99. The molecule has 37 heavy (non-hydrogen) atoms. The number of hydrogen-bond acceptors (Lipinski definition) is 1. The molecular weight excluding hydrogens is 734 g/mol. The monoisotopic (exact) mass is 749 g/mol. The molecule has 0 amide bonds. The van der Waals surface area contributed by atoms with E-state index in [0.717, 1.165) is 27.9 Å².